The van der Waals surface area contributed by atoms with Crippen LogP contribution in [-0.2, 0) is 32.2 Å². The number of benzene rings is 2. The highest BCUT2D eigenvalue weighted by Crippen LogP contribution is 2.32. The van der Waals surface area contributed by atoms with Gasteiger partial charge in [-0.1, -0.05) is 24.3 Å². The summed E-state index contributed by atoms with van der Waals surface area (Å²) < 4.78 is 74.8. The summed E-state index contributed by atoms with van der Waals surface area (Å²) in [5.74, 6) is 0.0174. The van der Waals surface area contributed by atoms with Gasteiger partial charge in [-0.3, -0.25) is 4.79 Å². The minimum atomic E-state index is -4.81. The number of amides is 2. The number of hydrogen-bond acceptors (Lipinski definition) is 6. The maximum atomic E-state index is 13.6. The molecule has 12 heteroatoms. The van der Waals surface area contributed by atoms with Crippen LogP contribution in [0.3, 0.4) is 0 Å². The van der Waals surface area contributed by atoms with E-state index in [4.69, 9.17) is 18.9 Å². The molecule has 2 saturated heterocycles. The van der Waals surface area contributed by atoms with Crippen LogP contribution < -0.4 is 4.74 Å². The largest absolute Gasteiger partial charge is 0.497 e. The number of carbonyl (C=O) groups is 2. The van der Waals surface area contributed by atoms with Gasteiger partial charge in [0, 0.05) is 19.6 Å². The number of alkyl halides is 3. The van der Waals surface area contributed by atoms with Crippen molar-refractivity contribution < 1.29 is 46.1 Å². The monoisotopic (exact) mass is 554 g/mol. The molecular weight excluding hydrogens is 524 g/mol. The standard InChI is InChI=1S/C27H30F4N2O6/c1-36-22-8-4-20(5-9-22)15-37-16-23(27(29,30)31)39-25(35)32-12-10-26(11-13-32)18-33(24(34)17-38-26)14-19-2-6-21(28)7-3-19/h2-9,23H,10-18H2,1H3. The van der Waals surface area contributed by atoms with Crippen molar-refractivity contribution in [1.29, 1.82) is 0 Å². The Morgan fingerprint density at radius 2 is 1.69 bits per heavy atom. The highest BCUT2D eigenvalue weighted by Gasteiger charge is 2.46. The smallest absolute Gasteiger partial charge is 0.427 e. The fourth-order valence-electron chi connectivity index (χ4n) is 4.54. The van der Waals surface area contributed by atoms with Crippen molar-refractivity contribution in [2.45, 2.75) is 43.9 Å². The predicted octanol–water partition coefficient (Wildman–Crippen LogP) is 4.31. The second-order valence-electron chi connectivity index (χ2n) is 9.61. The van der Waals surface area contributed by atoms with E-state index in [-0.39, 0.29) is 51.1 Å². The fraction of sp³-hybridized carbons (Fsp3) is 0.481. The molecule has 0 saturated carbocycles. The summed E-state index contributed by atoms with van der Waals surface area (Å²) in [7, 11) is 1.50. The van der Waals surface area contributed by atoms with Crippen molar-refractivity contribution in [3.8, 4) is 5.75 Å². The van der Waals surface area contributed by atoms with Gasteiger partial charge in [0.1, 0.15) is 18.2 Å². The molecule has 0 aromatic heterocycles. The minimum absolute atomic E-state index is 0.0924. The second-order valence-corrected chi connectivity index (χ2v) is 9.61. The van der Waals surface area contributed by atoms with Gasteiger partial charge in [0.2, 0.25) is 12.0 Å². The lowest BCUT2D eigenvalue weighted by Gasteiger charge is -2.46. The van der Waals surface area contributed by atoms with Crippen LogP contribution in [0.1, 0.15) is 24.0 Å². The molecule has 39 heavy (non-hydrogen) atoms. The van der Waals surface area contributed by atoms with E-state index in [1.807, 2.05) is 0 Å². The molecule has 1 spiro atoms. The summed E-state index contributed by atoms with van der Waals surface area (Å²) in [5.41, 5.74) is 0.675. The van der Waals surface area contributed by atoms with Crippen LogP contribution in [0, 0.1) is 5.82 Å². The van der Waals surface area contributed by atoms with Gasteiger partial charge in [0.05, 0.1) is 32.5 Å². The van der Waals surface area contributed by atoms with Crippen LogP contribution >= 0.6 is 0 Å². The molecule has 4 rings (SSSR count). The maximum absolute atomic E-state index is 13.6. The Morgan fingerprint density at radius 3 is 2.31 bits per heavy atom. The van der Waals surface area contributed by atoms with Crippen molar-refractivity contribution in [2.75, 3.05) is 40.0 Å². The molecule has 2 aromatic carbocycles. The number of morpholine rings is 1. The van der Waals surface area contributed by atoms with Gasteiger partial charge in [-0.25, -0.2) is 9.18 Å². The first-order valence-corrected chi connectivity index (χ1v) is 12.5. The van der Waals surface area contributed by atoms with Crippen LogP contribution in [0.2, 0.25) is 0 Å². The summed E-state index contributed by atoms with van der Waals surface area (Å²) in [6.45, 7) is -0.333. The SMILES string of the molecule is COc1ccc(COCC(OC(=O)N2CCC3(CC2)CN(Cc2ccc(F)cc2)C(=O)CO3)C(F)(F)F)cc1. The number of piperidine rings is 1. The molecule has 8 nitrogen and oxygen atoms in total. The number of ether oxygens (including phenoxy) is 4. The number of hydrogen-bond donors (Lipinski definition) is 0. The third-order valence-electron chi connectivity index (χ3n) is 6.86. The maximum Gasteiger partial charge on any atom is 0.427 e. The first kappa shape index (κ1) is 28.6. The van der Waals surface area contributed by atoms with E-state index in [1.165, 1.54) is 24.1 Å². The molecule has 0 N–H and O–H groups in total. The van der Waals surface area contributed by atoms with Gasteiger partial charge >= 0.3 is 12.3 Å². The van der Waals surface area contributed by atoms with E-state index < -0.39 is 30.6 Å². The quantitative estimate of drug-likeness (QED) is 0.453. The molecule has 2 aliphatic heterocycles. The number of methoxy groups -OCH3 is 1. The first-order valence-electron chi connectivity index (χ1n) is 12.5. The van der Waals surface area contributed by atoms with Crippen molar-refractivity contribution in [2.24, 2.45) is 0 Å². The molecular formula is C27H30F4N2O6. The summed E-state index contributed by atoms with van der Waals surface area (Å²) in [6, 6.07) is 12.5. The predicted molar refractivity (Wildman–Crippen MR) is 130 cm³/mol. The Morgan fingerprint density at radius 1 is 1.05 bits per heavy atom. The molecule has 1 atom stereocenters. The third kappa shape index (κ3) is 7.60. The Labute approximate surface area is 223 Å². The van der Waals surface area contributed by atoms with E-state index in [9.17, 15) is 27.2 Å². The number of nitrogens with zero attached hydrogens (tertiary/aromatic N) is 2. The van der Waals surface area contributed by atoms with Crippen molar-refractivity contribution in [3.05, 3.63) is 65.5 Å². The summed E-state index contributed by atoms with van der Waals surface area (Å²) in [5, 5.41) is 0. The molecule has 0 bridgehead atoms. The van der Waals surface area contributed by atoms with E-state index in [0.29, 0.717) is 24.2 Å². The Balaban J connectivity index is 1.28. The molecule has 2 aliphatic rings. The number of likely N-dealkylation sites (tertiary alicyclic amines) is 1. The highest BCUT2D eigenvalue weighted by molar-refractivity contribution is 5.78. The summed E-state index contributed by atoms with van der Waals surface area (Å²) in [6.07, 6.45) is -7.68. The fourth-order valence-corrected chi connectivity index (χ4v) is 4.54. The van der Waals surface area contributed by atoms with Crippen LogP contribution in [0.25, 0.3) is 0 Å². The van der Waals surface area contributed by atoms with E-state index in [2.05, 4.69) is 0 Å². The zero-order valence-corrected chi connectivity index (χ0v) is 21.4. The Bertz CT molecular complexity index is 1120. The van der Waals surface area contributed by atoms with Crippen LogP contribution in [0.5, 0.6) is 5.75 Å². The molecule has 2 fully saturated rings. The second kappa shape index (κ2) is 12.2. The molecule has 1 unspecified atom stereocenters. The summed E-state index contributed by atoms with van der Waals surface area (Å²) >= 11 is 0. The van der Waals surface area contributed by atoms with E-state index in [0.717, 1.165) is 5.56 Å². The van der Waals surface area contributed by atoms with Crippen molar-refractivity contribution in [1.82, 2.24) is 9.80 Å². The van der Waals surface area contributed by atoms with Crippen molar-refractivity contribution >= 4 is 12.0 Å². The number of carbonyl (C=O) groups excluding carboxylic acids is 2. The summed E-state index contributed by atoms with van der Waals surface area (Å²) in [4.78, 5) is 27.8. The number of rotatable bonds is 8. The molecule has 2 heterocycles. The average molecular weight is 555 g/mol. The zero-order chi connectivity index (χ0) is 28.0. The van der Waals surface area contributed by atoms with Gasteiger partial charge in [0.25, 0.3) is 0 Å². The lowest BCUT2D eigenvalue weighted by Crippen LogP contribution is -2.59. The number of halogens is 4. The average Bonchev–Trinajstić information content (AvgIpc) is 2.92. The third-order valence-corrected chi connectivity index (χ3v) is 6.86. The van der Waals surface area contributed by atoms with Gasteiger partial charge in [-0.05, 0) is 48.2 Å². The molecule has 0 radical (unpaired) electrons. The normalized spacial score (nSPS) is 18.2. The van der Waals surface area contributed by atoms with Crippen LogP contribution in [0.4, 0.5) is 22.4 Å². The lowest BCUT2D eigenvalue weighted by atomic mass is 9.89. The van der Waals surface area contributed by atoms with Gasteiger partial charge in [-0.2, -0.15) is 13.2 Å². The minimum Gasteiger partial charge on any atom is -0.497 e. The molecule has 2 aromatic rings. The van der Waals surface area contributed by atoms with Gasteiger partial charge in [0.15, 0.2) is 0 Å². The Hall–Kier alpha value is -3.38. The first-order chi connectivity index (χ1) is 18.6. The van der Waals surface area contributed by atoms with E-state index >= 15 is 0 Å². The molecule has 2 amide bonds. The topological polar surface area (TPSA) is 77.5 Å². The van der Waals surface area contributed by atoms with Gasteiger partial charge < -0.3 is 28.7 Å². The van der Waals surface area contributed by atoms with Crippen LogP contribution in [-0.4, -0.2) is 79.6 Å². The molecule has 0 aliphatic carbocycles. The molecule has 212 valence electrons. The lowest BCUT2D eigenvalue weighted by molar-refractivity contribution is -0.220. The van der Waals surface area contributed by atoms with Crippen molar-refractivity contribution in [3.63, 3.8) is 0 Å². The van der Waals surface area contributed by atoms with Crippen LogP contribution in [0.15, 0.2) is 48.5 Å². The zero-order valence-electron chi connectivity index (χ0n) is 21.4. The highest BCUT2D eigenvalue weighted by atomic mass is 19.4. The Kier molecular flexibility index (Phi) is 8.96. The van der Waals surface area contributed by atoms with E-state index in [1.54, 1.807) is 41.3 Å². The van der Waals surface area contributed by atoms with Gasteiger partial charge in [-0.15, -0.1) is 0 Å².